The van der Waals surface area contributed by atoms with Crippen LogP contribution in [-0.2, 0) is 29.5 Å². The normalized spacial score (nSPS) is 23.2. The number of nitrogens with zero attached hydrogens (tertiary/aromatic N) is 5. The van der Waals surface area contributed by atoms with Crippen LogP contribution in [0.15, 0.2) is 30.7 Å². The van der Waals surface area contributed by atoms with Crippen molar-refractivity contribution in [1.82, 2.24) is 29.7 Å². The number of benzene rings is 1. The van der Waals surface area contributed by atoms with Crippen LogP contribution in [0, 0.1) is 11.8 Å². The molecule has 3 aliphatic heterocycles. The van der Waals surface area contributed by atoms with Crippen molar-refractivity contribution in [3.8, 4) is 11.5 Å². The van der Waals surface area contributed by atoms with Gasteiger partial charge in [0.25, 0.3) is 5.91 Å². The van der Waals surface area contributed by atoms with E-state index in [1.54, 1.807) is 32.8 Å². The molecule has 0 unspecified atom stereocenters. The summed E-state index contributed by atoms with van der Waals surface area (Å²) >= 11 is 0. The lowest BCUT2D eigenvalue weighted by Crippen LogP contribution is -2.60. The molecule has 0 spiro atoms. The van der Waals surface area contributed by atoms with Crippen molar-refractivity contribution in [2.45, 2.75) is 57.4 Å². The number of aromatic nitrogens is 3. The molecule has 11 nitrogen and oxygen atoms in total. The van der Waals surface area contributed by atoms with Crippen molar-refractivity contribution in [1.29, 1.82) is 0 Å². The van der Waals surface area contributed by atoms with E-state index in [0.29, 0.717) is 80.1 Å². The topological polar surface area (TPSA) is 119 Å². The van der Waals surface area contributed by atoms with Crippen LogP contribution in [0.4, 0.5) is 0 Å². The fourth-order valence-corrected chi connectivity index (χ4v) is 7.44. The van der Waals surface area contributed by atoms with Crippen LogP contribution in [-0.4, -0.2) is 88.5 Å². The molecule has 3 aromatic rings. The Bertz CT molecular complexity index is 1550. The third kappa shape index (κ3) is 5.96. The molecule has 0 aliphatic carbocycles. The Balaban J connectivity index is 1.24. The Morgan fingerprint density at radius 3 is 2.68 bits per heavy atom. The van der Waals surface area contributed by atoms with Crippen LogP contribution in [0.25, 0.3) is 11.2 Å². The number of imidazole rings is 1. The maximum atomic E-state index is 13.9. The summed E-state index contributed by atoms with van der Waals surface area (Å²) in [5.74, 6) is 1.81. The van der Waals surface area contributed by atoms with E-state index in [1.807, 2.05) is 22.6 Å². The fraction of sp³-hybridized carbons (Fsp3) is 0.545. The van der Waals surface area contributed by atoms with Gasteiger partial charge in [-0.2, -0.15) is 0 Å². The maximum absolute atomic E-state index is 13.9. The van der Waals surface area contributed by atoms with Gasteiger partial charge in [-0.05, 0) is 73.6 Å². The highest BCUT2D eigenvalue weighted by Crippen LogP contribution is 2.38. The monoisotopic (exact) mass is 602 g/mol. The number of ether oxygens (including phenoxy) is 2. The van der Waals surface area contributed by atoms with Crippen LogP contribution in [0.2, 0.25) is 0 Å². The molecule has 3 amide bonds. The molecule has 1 N–H and O–H groups in total. The number of hydrogen-bond donors (Lipinski definition) is 1. The van der Waals surface area contributed by atoms with Crippen LogP contribution in [0.5, 0.6) is 11.5 Å². The second-order valence-electron chi connectivity index (χ2n) is 12.4. The van der Waals surface area contributed by atoms with E-state index in [1.165, 1.54) is 0 Å². The van der Waals surface area contributed by atoms with E-state index < -0.39 is 0 Å². The minimum absolute atomic E-state index is 0.0247. The summed E-state index contributed by atoms with van der Waals surface area (Å²) in [7, 11) is 5.13. The standard InChI is InChI=1S/C33H42N6O5/c1-37-20-36-30-25(11-13-35-32(30)37)33(42)38-17-22-15-24(19-38)26-7-4-8-28(40)34-12-5-6-23-14-21(9-10-29(41)39(26)18-22)16-27(43-2)31(23)44-3/h11,13-14,16,20,22,24,26H,4-10,12,15,17-19H2,1-3H3,(H,34,40)/t22-,24-,26-/m0/s1. The number of hydrogen-bond acceptors (Lipinski definition) is 7. The summed E-state index contributed by atoms with van der Waals surface area (Å²) in [6, 6.07) is 5.79. The molecular formula is C33H42N6O5. The lowest BCUT2D eigenvalue weighted by Gasteiger charge is -2.51. The number of amides is 3. The van der Waals surface area contributed by atoms with Gasteiger partial charge in [0.05, 0.1) is 26.1 Å². The van der Waals surface area contributed by atoms with Gasteiger partial charge in [0, 0.05) is 58.3 Å². The van der Waals surface area contributed by atoms with Crippen molar-refractivity contribution in [3.05, 3.63) is 47.4 Å². The Labute approximate surface area is 257 Å². The van der Waals surface area contributed by atoms with Gasteiger partial charge in [0.1, 0.15) is 5.52 Å². The molecule has 1 aromatic carbocycles. The number of likely N-dealkylation sites (tertiary alicyclic amines) is 1. The SMILES string of the molecule is COc1cc2cc(c1OC)CCCNC(=O)CCC[C@H]1[C@H]3C[C@@H](CN(C(=O)c4ccnc5c4ncn5C)C3)CN1C(=O)CC2. The lowest BCUT2D eigenvalue weighted by atomic mass is 9.77. The second-order valence-corrected chi connectivity index (χ2v) is 12.4. The van der Waals surface area contributed by atoms with Gasteiger partial charge in [0.2, 0.25) is 11.8 Å². The van der Waals surface area contributed by atoms with Crippen molar-refractivity contribution < 1.29 is 23.9 Å². The number of piperidine rings is 2. The minimum Gasteiger partial charge on any atom is -0.493 e. The van der Waals surface area contributed by atoms with E-state index >= 15 is 0 Å². The third-order valence-electron chi connectivity index (χ3n) is 9.50. The molecular weight excluding hydrogens is 560 g/mol. The van der Waals surface area contributed by atoms with E-state index in [2.05, 4.69) is 26.3 Å². The Kier molecular flexibility index (Phi) is 8.72. The van der Waals surface area contributed by atoms with Gasteiger partial charge in [-0.1, -0.05) is 6.07 Å². The predicted octanol–water partition coefficient (Wildman–Crippen LogP) is 3.14. The van der Waals surface area contributed by atoms with Gasteiger partial charge < -0.3 is 29.2 Å². The molecule has 2 fully saturated rings. The lowest BCUT2D eigenvalue weighted by molar-refractivity contribution is -0.140. The molecule has 4 bridgehead atoms. The van der Waals surface area contributed by atoms with E-state index in [-0.39, 0.29) is 35.6 Å². The first-order valence-electron chi connectivity index (χ1n) is 15.7. The number of pyridine rings is 1. The molecule has 234 valence electrons. The Morgan fingerprint density at radius 2 is 1.86 bits per heavy atom. The first-order valence-corrected chi connectivity index (χ1v) is 15.7. The van der Waals surface area contributed by atoms with Gasteiger partial charge in [-0.3, -0.25) is 14.4 Å². The molecule has 2 aromatic heterocycles. The highest BCUT2D eigenvalue weighted by Gasteiger charge is 2.43. The first kappa shape index (κ1) is 29.9. The smallest absolute Gasteiger partial charge is 0.256 e. The molecule has 3 aliphatic rings. The number of carbonyl (C=O) groups excluding carboxylic acids is 3. The van der Waals surface area contributed by atoms with Crippen LogP contribution < -0.4 is 14.8 Å². The largest absolute Gasteiger partial charge is 0.493 e. The number of aryl methyl sites for hydroxylation is 3. The van der Waals surface area contributed by atoms with Gasteiger partial charge >= 0.3 is 0 Å². The highest BCUT2D eigenvalue weighted by molar-refractivity contribution is 6.04. The summed E-state index contributed by atoms with van der Waals surface area (Å²) in [5, 5.41) is 3.06. The van der Waals surface area contributed by atoms with Crippen molar-refractivity contribution in [2.75, 3.05) is 40.4 Å². The van der Waals surface area contributed by atoms with E-state index in [4.69, 9.17) is 9.47 Å². The summed E-state index contributed by atoms with van der Waals surface area (Å²) in [6.07, 6.45) is 8.67. The number of rotatable bonds is 3. The number of fused-ring (bicyclic) bond motifs is 7. The average Bonchev–Trinajstić information content (AvgIpc) is 3.42. The number of carbonyl (C=O) groups is 3. The van der Waals surface area contributed by atoms with E-state index in [0.717, 1.165) is 36.8 Å². The Morgan fingerprint density at radius 1 is 1.00 bits per heavy atom. The summed E-state index contributed by atoms with van der Waals surface area (Å²) in [5.41, 5.74) is 3.91. The molecule has 0 radical (unpaired) electrons. The van der Waals surface area contributed by atoms with E-state index in [9.17, 15) is 14.4 Å². The first-order chi connectivity index (χ1) is 21.4. The summed E-state index contributed by atoms with van der Waals surface area (Å²) in [6.45, 7) is 2.38. The zero-order valence-electron chi connectivity index (χ0n) is 25.9. The number of nitrogens with one attached hydrogen (secondary N) is 1. The van der Waals surface area contributed by atoms with Crippen LogP contribution in [0.3, 0.4) is 0 Å². The predicted molar refractivity (Wildman–Crippen MR) is 165 cm³/mol. The summed E-state index contributed by atoms with van der Waals surface area (Å²) < 4.78 is 13.1. The molecule has 44 heavy (non-hydrogen) atoms. The summed E-state index contributed by atoms with van der Waals surface area (Å²) in [4.78, 5) is 53.3. The zero-order chi connectivity index (χ0) is 30.8. The minimum atomic E-state index is -0.0394. The molecule has 3 atom stereocenters. The fourth-order valence-electron chi connectivity index (χ4n) is 7.44. The molecule has 0 saturated carbocycles. The average molecular weight is 603 g/mol. The van der Waals surface area contributed by atoms with Gasteiger partial charge in [0.15, 0.2) is 17.1 Å². The molecule has 5 heterocycles. The van der Waals surface area contributed by atoms with Crippen LogP contribution >= 0.6 is 0 Å². The van der Waals surface area contributed by atoms with Crippen molar-refractivity contribution in [3.63, 3.8) is 0 Å². The third-order valence-corrected chi connectivity index (χ3v) is 9.50. The van der Waals surface area contributed by atoms with Crippen molar-refractivity contribution >= 4 is 28.9 Å². The van der Waals surface area contributed by atoms with Gasteiger partial charge in [-0.25, -0.2) is 9.97 Å². The maximum Gasteiger partial charge on any atom is 0.256 e. The van der Waals surface area contributed by atoms with Gasteiger partial charge in [-0.15, -0.1) is 0 Å². The van der Waals surface area contributed by atoms with Crippen molar-refractivity contribution in [2.24, 2.45) is 18.9 Å². The second kappa shape index (κ2) is 12.8. The molecule has 11 heteroatoms. The quantitative estimate of drug-likeness (QED) is 0.489. The number of methoxy groups -OCH3 is 2. The molecule has 2 saturated heterocycles. The zero-order valence-corrected chi connectivity index (χ0v) is 25.9. The molecule has 6 rings (SSSR count). The van der Waals surface area contributed by atoms with Crippen LogP contribution in [0.1, 0.15) is 60.0 Å². The Hall–Kier alpha value is -4.15. The highest BCUT2D eigenvalue weighted by atomic mass is 16.5.